The first-order valence-corrected chi connectivity index (χ1v) is 6.01. The molecule has 1 heterocycles. The summed E-state index contributed by atoms with van der Waals surface area (Å²) in [5.41, 5.74) is 6.81. The molecule has 82 valence electrons. The average Bonchev–Trinajstić information content (AvgIpc) is 2.60. The summed E-state index contributed by atoms with van der Waals surface area (Å²) in [6, 6.07) is 0. The van der Waals surface area contributed by atoms with Crippen LogP contribution in [-0.2, 0) is 0 Å². The second-order valence-electron chi connectivity index (χ2n) is 6.19. The zero-order chi connectivity index (χ0) is 10.2. The number of hydrogen-bond donors (Lipinski definition) is 1. The van der Waals surface area contributed by atoms with Gasteiger partial charge >= 0.3 is 0 Å². The second-order valence-corrected chi connectivity index (χ2v) is 6.19. The summed E-state index contributed by atoms with van der Waals surface area (Å²) in [5, 5.41) is 0. The lowest BCUT2D eigenvalue weighted by molar-refractivity contribution is 0.183. The highest BCUT2D eigenvalue weighted by Gasteiger charge is 2.42. The molecular formula is C12H24N2. The van der Waals surface area contributed by atoms with Gasteiger partial charge in [-0.3, -0.25) is 0 Å². The molecule has 0 aromatic carbocycles. The Morgan fingerprint density at radius 3 is 2.29 bits per heavy atom. The first-order valence-electron chi connectivity index (χ1n) is 6.01. The molecule has 2 aliphatic rings. The van der Waals surface area contributed by atoms with Crippen molar-refractivity contribution < 1.29 is 0 Å². The van der Waals surface area contributed by atoms with Crippen molar-refractivity contribution in [2.24, 2.45) is 11.1 Å². The molecule has 1 saturated carbocycles. The van der Waals surface area contributed by atoms with Crippen LogP contribution in [0.25, 0.3) is 0 Å². The fraction of sp³-hybridized carbons (Fsp3) is 1.00. The first kappa shape index (κ1) is 10.4. The van der Waals surface area contributed by atoms with Gasteiger partial charge in [0.2, 0.25) is 0 Å². The number of rotatable bonds is 4. The van der Waals surface area contributed by atoms with E-state index in [0.29, 0.717) is 5.41 Å². The fourth-order valence-corrected chi connectivity index (χ4v) is 2.89. The zero-order valence-corrected chi connectivity index (χ0v) is 9.68. The predicted octanol–water partition coefficient (Wildman–Crippen LogP) is 1.99. The molecule has 2 rings (SSSR count). The SMILES string of the molecule is CC(C)(CN1CCCC1)CC1(N)CC1. The van der Waals surface area contributed by atoms with E-state index in [1.807, 2.05) is 0 Å². The smallest absolute Gasteiger partial charge is 0.0161 e. The minimum atomic E-state index is 0.212. The topological polar surface area (TPSA) is 29.3 Å². The van der Waals surface area contributed by atoms with E-state index in [4.69, 9.17) is 5.73 Å². The number of nitrogens with two attached hydrogens (primary N) is 1. The van der Waals surface area contributed by atoms with Crippen LogP contribution in [-0.4, -0.2) is 30.1 Å². The molecule has 0 atom stereocenters. The maximum Gasteiger partial charge on any atom is 0.0161 e. The van der Waals surface area contributed by atoms with Crippen molar-refractivity contribution in [2.75, 3.05) is 19.6 Å². The summed E-state index contributed by atoms with van der Waals surface area (Å²) in [6.07, 6.45) is 6.48. The van der Waals surface area contributed by atoms with Crippen molar-refractivity contribution >= 4 is 0 Å². The minimum Gasteiger partial charge on any atom is -0.325 e. The van der Waals surface area contributed by atoms with Crippen molar-refractivity contribution in [3.63, 3.8) is 0 Å². The summed E-state index contributed by atoms with van der Waals surface area (Å²) in [7, 11) is 0. The van der Waals surface area contributed by atoms with Crippen LogP contribution in [0.1, 0.15) is 46.0 Å². The van der Waals surface area contributed by atoms with Crippen LogP contribution in [0.4, 0.5) is 0 Å². The highest BCUT2D eigenvalue weighted by atomic mass is 15.1. The molecule has 2 fully saturated rings. The van der Waals surface area contributed by atoms with Crippen molar-refractivity contribution in [1.29, 1.82) is 0 Å². The van der Waals surface area contributed by atoms with Gasteiger partial charge in [0, 0.05) is 12.1 Å². The van der Waals surface area contributed by atoms with Crippen molar-refractivity contribution in [3.8, 4) is 0 Å². The monoisotopic (exact) mass is 196 g/mol. The maximum absolute atomic E-state index is 6.19. The van der Waals surface area contributed by atoms with Crippen molar-refractivity contribution in [1.82, 2.24) is 4.90 Å². The Morgan fingerprint density at radius 2 is 1.79 bits per heavy atom. The highest BCUT2D eigenvalue weighted by molar-refractivity contribution is 5.02. The standard InChI is InChI=1S/C12H24N2/c1-11(2,9-12(13)5-6-12)10-14-7-3-4-8-14/h3-10,13H2,1-2H3. The highest BCUT2D eigenvalue weighted by Crippen LogP contribution is 2.42. The number of likely N-dealkylation sites (tertiary alicyclic amines) is 1. The predicted molar refractivity (Wildman–Crippen MR) is 60.2 cm³/mol. The Bertz CT molecular complexity index is 200. The molecule has 0 aromatic rings. The van der Waals surface area contributed by atoms with Gasteiger partial charge in [0.05, 0.1) is 0 Å². The molecule has 0 unspecified atom stereocenters. The summed E-state index contributed by atoms with van der Waals surface area (Å²) in [5.74, 6) is 0. The number of hydrogen-bond acceptors (Lipinski definition) is 2. The Kier molecular flexibility index (Phi) is 2.61. The summed E-state index contributed by atoms with van der Waals surface area (Å²) < 4.78 is 0. The van der Waals surface area contributed by atoms with Crippen LogP contribution in [0, 0.1) is 5.41 Å². The van der Waals surface area contributed by atoms with Crippen LogP contribution < -0.4 is 5.73 Å². The van der Waals surface area contributed by atoms with Gasteiger partial charge in [-0.05, 0) is 50.6 Å². The van der Waals surface area contributed by atoms with E-state index in [1.165, 1.54) is 51.7 Å². The molecule has 0 aromatic heterocycles. The van der Waals surface area contributed by atoms with Gasteiger partial charge in [-0.15, -0.1) is 0 Å². The van der Waals surface area contributed by atoms with Gasteiger partial charge < -0.3 is 10.6 Å². The Labute approximate surface area is 87.8 Å². The van der Waals surface area contributed by atoms with Crippen LogP contribution in [0.5, 0.6) is 0 Å². The van der Waals surface area contributed by atoms with Gasteiger partial charge in [-0.25, -0.2) is 0 Å². The van der Waals surface area contributed by atoms with Crippen molar-refractivity contribution in [2.45, 2.75) is 51.5 Å². The van der Waals surface area contributed by atoms with E-state index in [-0.39, 0.29) is 5.54 Å². The van der Waals surface area contributed by atoms with Crippen LogP contribution in [0.2, 0.25) is 0 Å². The Morgan fingerprint density at radius 1 is 1.21 bits per heavy atom. The van der Waals surface area contributed by atoms with Gasteiger partial charge in [0.1, 0.15) is 0 Å². The second kappa shape index (κ2) is 3.49. The van der Waals surface area contributed by atoms with E-state index in [9.17, 15) is 0 Å². The minimum absolute atomic E-state index is 0.212. The zero-order valence-electron chi connectivity index (χ0n) is 9.68. The average molecular weight is 196 g/mol. The quantitative estimate of drug-likeness (QED) is 0.745. The van der Waals surface area contributed by atoms with Gasteiger partial charge in [0.15, 0.2) is 0 Å². The molecule has 1 aliphatic carbocycles. The van der Waals surface area contributed by atoms with Crippen LogP contribution in [0.15, 0.2) is 0 Å². The molecule has 0 radical (unpaired) electrons. The first-order chi connectivity index (χ1) is 6.49. The lowest BCUT2D eigenvalue weighted by Gasteiger charge is -2.32. The third-order valence-electron chi connectivity index (χ3n) is 3.57. The van der Waals surface area contributed by atoms with Gasteiger partial charge in [-0.1, -0.05) is 13.8 Å². The van der Waals surface area contributed by atoms with E-state index >= 15 is 0 Å². The maximum atomic E-state index is 6.19. The van der Waals surface area contributed by atoms with Gasteiger partial charge in [0.25, 0.3) is 0 Å². The molecule has 14 heavy (non-hydrogen) atoms. The largest absolute Gasteiger partial charge is 0.325 e. The molecule has 0 spiro atoms. The molecular weight excluding hydrogens is 172 g/mol. The summed E-state index contributed by atoms with van der Waals surface area (Å²) >= 11 is 0. The summed E-state index contributed by atoms with van der Waals surface area (Å²) in [6.45, 7) is 8.60. The summed E-state index contributed by atoms with van der Waals surface area (Å²) in [4.78, 5) is 2.60. The Balaban J connectivity index is 1.81. The molecule has 0 bridgehead atoms. The Hall–Kier alpha value is -0.0800. The van der Waals surface area contributed by atoms with E-state index < -0.39 is 0 Å². The molecule has 1 saturated heterocycles. The molecule has 2 nitrogen and oxygen atoms in total. The van der Waals surface area contributed by atoms with E-state index in [2.05, 4.69) is 18.7 Å². The van der Waals surface area contributed by atoms with Crippen LogP contribution >= 0.6 is 0 Å². The molecule has 2 heteroatoms. The third kappa shape index (κ3) is 2.71. The number of nitrogens with zero attached hydrogens (tertiary/aromatic N) is 1. The lowest BCUT2D eigenvalue weighted by atomic mass is 9.84. The van der Waals surface area contributed by atoms with Gasteiger partial charge in [-0.2, -0.15) is 0 Å². The van der Waals surface area contributed by atoms with E-state index in [1.54, 1.807) is 0 Å². The van der Waals surface area contributed by atoms with Crippen LogP contribution in [0.3, 0.4) is 0 Å². The molecule has 1 aliphatic heterocycles. The van der Waals surface area contributed by atoms with Crippen molar-refractivity contribution in [3.05, 3.63) is 0 Å². The molecule has 0 amide bonds. The normalized spacial score (nSPS) is 26.8. The fourth-order valence-electron chi connectivity index (χ4n) is 2.89. The lowest BCUT2D eigenvalue weighted by Crippen LogP contribution is -2.38. The third-order valence-corrected chi connectivity index (χ3v) is 3.57. The molecule has 2 N–H and O–H groups in total. The van der Waals surface area contributed by atoms with E-state index in [0.717, 1.165) is 0 Å².